The van der Waals surface area contributed by atoms with E-state index in [1.54, 1.807) is 0 Å². The fraction of sp³-hybridized carbons (Fsp3) is 0.458. The third-order valence-electron chi connectivity index (χ3n) is 6.94. The lowest BCUT2D eigenvalue weighted by molar-refractivity contribution is 0.0877. The lowest BCUT2D eigenvalue weighted by atomic mass is 9.74. The number of amides is 1. The zero-order valence-electron chi connectivity index (χ0n) is 16.8. The quantitative estimate of drug-likeness (QED) is 0.819. The van der Waals surface area contributed by atoms with Crippen LogP contribution in [0.1, 0.15) is 35.4 Å². The molecule has 1 amide bonds. The monoisotopic (exact) mass is 391 g/mol. The highest BCUT2D eigenvalue weighted by atomic mass is 16.4. The summed E-state index contributed by atoms with van der Waals surface area (Å²) in [6, 6.07) is 18.5. The van der Waals surface area contributed by atoms with E-state index in [0.717, 1.165) is 25.9 Å². The van der Waals surface area contributed by atoms with Gasteiger partial charge in [-0.1, -0.05) is 36.4 Å². The summed E-state index contributed by atoms with van der Waals surface area (Å²) in [5.41, 5.74) is 5.64. The van der Waals surface area contributed by atoms with Crippen LogP contribution >= 0.6 is 0 Å². The summed E-state index contributed by atoms with van der Waals surface area (Å²) >= 11 is 0. The smallest absolute Gasteiger partial charge is 0.405 e. The van der Waals surface area contributed by atoms with Crippen LogP contribution in [0.5, 0.6) is 0 Å². The third kappa shape index (κ3) is 3.71. The number of hydrogen-bond acceptors (Lipinski definition) is 3. The van der Waals surface area contributed by atoms with Crippen molar-refractivity contribution in [2.45, 2.75) is 43.7 Å². The van der Waals surface area contributed by atoms with E-state index >= 15 is 0 Å². The van der Waals surface area contributed by atoms with Crippen LogP contribution in [0, 0.1) is 0 Å². The minimum atomic E-state index is -0.930. The lowest BCUT2D eigenvalue weighted by Crippen LogP contribution is -2.59. The van der Waals surface area contributed by atoms with Crippen LogP contribution in [0.4, 0.5) is 10.5 Å². The summed E-state index contributed by atoms with van der Waals surface area (Å²) < 4.78 is 0. The van der Waals surface area contributed by atoms with Gasteiger partial charge in [0, 0.05) is 30.7 Å². The lowest BCUT2D eigenvalue weighted by Gasteiger charge is -2.46. The first-order valence-corrected chi connectivity index (χ1v) is 10.8. The van der Waals surface area contributed by atoms with Gasteiger partial charge in [0.2, 0.25) is 0 Å². The number of hydrogen-bond donors (Lipinski definition) is 2. The summed E-state index contributed by atoms with van der Waals surface area (Å²) in [6.07, 6.45) is 3.89. The molecule has 0 bridgehead atoms. The van der Waals surface area contributed by atoms with Gasteiger partial charge in [-0.15, -0.1) is 0 Å². The summed E-state index contributed by atoms with van der Waals surface area (Å²) in [7, 11) is 0. The molecule has 0 saturated carbocycles. The first-order chi connectivity index (χ1) is 14.2. The number of nitrogens with zero attached hydrogens (tertiary/aromatic N) is 2. The van der Waals surface area contributed by atoms with E-state index in [0.29, 0.717) is 12.0 Å². The molecule has 1 aliphatic carbocycles. The average Bonchev–Trinajstić information content (AvgIpc) is 2.65. The number of benzene rings is 2. The van der Waals surface area contributed by atoms with Crippen LogP contribution in [0.25, 0.3) is 0 Å². The summed E-state index contributed by atoms with van der Waals surface area (Å²) in [5, 5.41) is 11.5. The Morgan fingerprint density at radius 2 is 1.90 bits per heavy atom. The zero-order valence-corrected chi connectivity index (χ0v) is 16.8. The van der Waals surface area contributed by atoms with Crippen LogP contribution in [0.2, 0.25) is 0 Å². The predicted octanol–water partition coefficient (Wildman–Crippen LogP) is 3.49. The molecule has 2 N–H and O–H groups in total. The van der Waals surface area contributed by atoms with Gasteiger partial charge in [-0.2, -0.15) is 0 Å². The van der Waals surface area contributed by atoms with Crippen molar-refractivity contribution in [3.8, 4) is 0 Å². The minimum absolute atomic E-state index is 0.0393. The van der Waals surface area contributed by atoms with Crippen LogP contribution in [0.3, 0.4) is 0 Å². The maximum atomic E-state index is 10.9. The van der Waals surface area contributed by atoms with Crippen molar-refractivity contribution in [3.63, 3.8) is 0 Å². The van der Waals surface area contributed by atoms with Gasteiger partial charge in [-0.05, 0) is 67.6 Å². The van der Waals surface area contributed by atoms with E-state index in [9.17, 15) is 4.79 Å². The van der Waals surface area contributed by atoms with Crippen LogP contribution < -0.4 is 10.2 Å². The molecule has 2 atom stereocenters. The molecular formula is C24H29N3O2. The highest BCUT2D eigenvalue weighted by molar-refractivity contribution is 5.66. The van der Waals surface area contributed by atoms with Crippen molar-refractivity contribution in [2.24, 2.45) is 0 Å². The predicted molar refractivity (Wildman–Crippen MR) is 115 cm³/mol. The van der Waals surface area contributed by atoms with Gasteiger partial charge in [-0.3, -0.25) is 4.90 Å². The summed E-state index contributed by atoms with van der Waals surface area (Å²) in [4.78, 5) is 15.8. The van der Waals surface area contributed by atoms with Crippen molar-refractivity contribution in [2.75, 3.05) is 31.1 Å². The van der Waals surface area contributed by atoms with E-state index in [4.69, 9.17) is 5.11 Å². The normalized spacial score (nSPS) is 24.3. The summed E-state index contributed by atoms with van der Waals surface area (Å²) in [6.45, 7) is 3.98. The highest BCUT2D eigenvalue weighted by Crippen LogP contribution is 2.40. The highest BCUT2D eigenvalue weighted by Gasteiger charge is 2.36. The molecule has 5 heteroatoms. The van der Waals surface area contributed by atoms with Crippen molar-refractivity contribution in [1.82, 2.24) is 10.2 Å². The van der Waals surface area contributed by atoms with Gasteiger partial charge in [0.05, 0.1) is 6.04 Å². The number of carboxylic acid groups (broad SMARTS) is 1. The van der Waals surface area contributed by atoms with E-state index in [1.165, 1.54) is 48.3 Å². The fourth-order valence-electron chi connectivity index (χ4n) is 5.24. The number of likely N-dealkylation sites (tertiary alicyclic amines) is 1. The zero-order chi connectivity index (χ0) is 19.8. The van der Waals surface area contributed by atoms with Crippen molar-refractivity contribution < 1.29 is 9.90 Å². The second kappa shape index (κ2) is 7.71. The van der Waals surface area contributed by atoms with Gasteiger partial charge in [0.1, 0.15) is 0 Å². The maximum Gasteiger partial charge on any atom is 0.405 e. The SMILES string of the molecule is O=C(O)NC1CN(c2ccc3c(c2)[C@@H](Cc2ccccc2)[C@@H](N2CCC2)CC3)C1. The Labute approximate surface area is 172 Å². The number of anilines is 1. The standard InChI is InChI=1S/C24H29N3O2/c28-24(29)25-19-15-27(16-19)20-9-7-18-8-10-23(26-11-4-12-26)22(21(18)14-20)13-17-5-2-1-3-6-17/h1-3,5-7,9,14,19,22-23,25H,4,8,10-13,15-16H2,(H,28,29)/t22-,23+/m1/s1. The Kier molecular flexibility index (Phi) is 4.92. The van der Waals surface area contributed by atoms with Gasteiger partial charge in [0.15, 0.2) is 0 Å². The Bertz CT molecular complexity index is 875. The molecular weight excluding hydrogens is 362 g/mol. The first kappa shape index (κ1) is 18.5. The van der Waals surface area contributed by atoms with Crippen LogP contribution in [0.15, 0.2) is 48.5 Å². The van der Waals surface area contributed by atoms with E-state index < -0.39 is 6.09 Å². The van der Waals surface area contributed by atoms with Gasteiger partial charge >= 0.3 is 6.09 Å². The minimum Gasteiger partial charge on any atom is -0.465 e. The molecule has 2 aromatic rings. The molecule has 29 heavy (non-hydrogen) atoms. The summed E-state index contributed by atoms with van der Waals surface area (Å²) in [5.74, 6) is 0.524. The Morgan fingerprint density at radius 1 is 1.10 bits per heavy atom. The Hall–Kier alpha value is -2.53. The van der Waals surface area contributed by atoms with Gasteiger partial charge in [0.25, 0.3) is 0 Å². The van der Waals surface area contributed by atoms with E-state index in [1.807, 2.05) is 0 Å². The van der Waals surface area contributed by atoms with Crippen molar-refractivity contribution in [1.29, 1.82) is 0 Å². The molecule has 0 spiro atoms. The number of carbonyl (C=O) groups is 1. The molecule has 152 valence electrons. The molecule has 2 heterocycles. The van der Waals surface area contributed by atoms with Gasteiger partial charge in [-0.25, -0.2) is 4.79 Å². The van der Waals surface area contributed by atoms with Crippen LogP contribution in [-0.2, 0) is 12.8 Å². The fourth-order valence-corrected chi connectivity index (χ4v) is 5.24. The van der Waals surface area contributed by atoms with Crippen molar-refractivity contribution in [3.05, 3.63) is 65.2 Å². The molecule has 2 aromatic carbocycles. The molecule has 5 nitrogen and oxygen atoms in total. The number of rotatable bonds is 5. The van der Waals surface area contributed by atoms with Gasteiger partial charge < -0.3 is 15.3 Å². The Balaban J connectivity index is 1.40. The Morgan fingerprint density at radius 3 is 2.59 bits per heavy atom. The van der Waals surface area contributed by atoms with E-state index in [2.05, 4.69) is 63.6 Å². The average molecular weight is 392 g/mol. The number of fused-ring (bicyclic) bond motifs is 1. The molecule has 0 unspecified atom stereocenters. The maximum absolute atomic E-state index is 10.9. The molecule has 0 aromatic heterocycles. The first-order valence-electron chi connectivity index (χ1n) is 10.8. The number of aryl methyl sites for hydroxylation is 1. The molecule has 2 aliphatic heterocycles. The third-order valence-corrected chi connectivity index (χ3v) is 6.94. The second-order valence-electron chi connectivity index (χ2n) is 8.73. The largest absolute Gasteiger partial charge is 0.465 e. The molecule has 0 radical (unpaired) electrons. The molecule has 2 saturated heterocycles. The number of nitrogens with one attached hydrogen (secondary N) is 1. The molecule has 3 aliphatic rings. The second-order valence-corrected chi connectivity index (χ2v) is 8.73. The van der Waals surface area contributed by atoms with Crippen molar-refractivity contribution >= 4 is 11.8 Å². The molecule has 2 fully saturated rings. The topological polar surface area (TPSA) is 55.8 Å². The van der Waals surface area contributed by atoms with Crippen LogP contribution in [-0.4, -0.2) is 54.4 Å². The molecule has 5 rings (SSSR count). The van der Waals surface area contributed by atoms with E-state index in [-0.39, 0.29) is 6.04 Å².